The van der Waals surface area contributed by atoms with Crippen LogP contribution in [0.3, 0.4) is 0 Å². The van der Waals surface area contributed by atoms with Crippen molar-refractivity contribution in [3.8, 4) is 11.8 Å². The smallest absolute Gasteiger partial charge is 0.307 e. The average Bonchev–Trinajstić information content (AvgIpc) is 3.50. The summed E-state index contributed by atoms with van der Waals surface area (Å²) in [4.78, 5) is 15.1. The summed E-state index contributed by atoms with van der Waals surface area (Å²) in [6, 6.07) is 3.15. The Bertz CT molecular complexity index is 1840. The number of nitrogens with one attached hydrogen (secondary N) is 1. The summed E-state index contributed by atoms with van der Waals surface area (Å²) in [5, 5.41) is 10.3. The molecule has 0 saturated heterocycles. The summed E-state index contributed by atoms with van der Waals surface area (Å²) in [5.74, 6) is 1.77. The van der Waals surface area contributed by atoms with Crippen molar-refractivity contribution in [1.29, 1.82) is 0 Å². The lowest BCUT2D eigenvalue weighted by Crippen LogP contribution is -2.25. The Kier molecular flexibility index (Phi) is 4.35. The number of H-pyrrole nitrogens is 1. The number of rotatable bonds is 6. The number of carboxylic acids is 1. The fraction of sp³-hybridized carbons (Fsp3) is 0.192. The van der Waals surface area contributed by atoms with Crippen LogP contribution in [0.25, 0.3) is 10.9 Å². The molecule has 7 heteroatoms. The molecule has 5 nitrogen and oxygen atoms in total. The van der Waals surface area contributed by atoms with Crippen molar-refractivity contribution in [3.63, 3.8) is 0 Å². The largest absolute Gasteiger partial charge is 0.481 e. The Morgan fingerprint density at radius 2 is 1.85 bits per heavy atom. The van der Waals surface area contributed by atoms with Crippen molar-refractivity contribution in [2.45, 2.75) is 24.5 Å². The molecule has 0 unspecified atom stereocenters. The van der Waals surface area contributed by atoms with Gasteiger partial charge in [-0.2, -0.15) is 0 Å². The molecule has 2 aromatic carbocycles. The van der Waals surface area contributed by atoms with E-state index in [4.69, 9.17) is 9.60 Å². The fourth-order valence-electron chi connectivity index (χ4n) is 3.18. The molecule has 0 spiro atoms. The first-order valence-corrected chi connectivity index (χ1v) is 12.3. The Morgan fingerprint density at radius 1 is 1.12 bits per heavy atom. The number of hydrogen-bond donors (Lipinski definition) is 2. The number of benzene rings is 2. The van der Waals surface area contributed by atoms with Gasteiger partial charge in [-0.05, 0) is 62.2 Å². The minimum Gasteiger partial charge on any atom is -0.481 e. The van der Waals surface area contributed by atoms with Crippen LogP contribution in [-0.4, -0.2) is 30.2 Å². The van der Waals surface area contributed by atoms with E-state index in [1.807, 2.05) is 0 Å². The number of aryl methyl sites for hydroxylation is 1. The normalized spacial score (nSPS) is 15.3. The van der Waals surface area contributed by atoms with Crippen LogP contribution in [0, 0.1) is 31.6 Å². The van der Waals surface area contributed by atoms with E-state index in [9.17, 15) is 18.3 Å². The van der Waals surface area contributed by atoms with Crippen LogP contribution in [0.4, 0.5) is 0 Å². The van der Waals surface area contributed by atoms with Crippen LogP contribution >= 0.6 is 11.3 Å². The van der Waals surface area contributed by atoms with Crippen LogP contribution in [0.1, 0.15) is 36.7 Å². The summed E-state index contributed by atoms with van der Waals surface area (Å²) in [6.07, 6.45) is -0.422. The molecule has 0 bridgehead atoms. The topological polar surface area (TPSA) is 87.2 Å². The van der Waals surface area contributed by atoms with E-state index in [1.54, 1.807) is 13.0 Å². The highest BCUT2D eigenvalue weighted by atomic mass is 32.2. The number of aromatic nitrogens is 1. The van der Waals surface area contributed by atoms with Gasteiger partial charge in [-0.3, -0.25) is 4.79 Å². The predicted octanol–water partition coefficient (Wildman–Crippen LogP) is 4.96. The number of aliphatic carboxylic acids is 1. The van der Waals surface area contributed by atoms with Gasteiger partial charge >= 0.3 is 5.97 Å². The van der Waals surface area contributed by atoms with E-state index in [0.29, 0.717) is 10.9 Å². The SMILES string of the molecule is [2H]c1[nH]c2c([2H])c([2H])c(C)cc2c1C[C@H](CS(=O)(=O)c1ccc(C#Cc2c([2H])c([2H])c(C)c([2H])c2[2H])s1)C(=O)O. The van der Waals surface area contributed by atoms with E-state index in [2.05, 4.69) is 16.8 Å². The first kappa shape index (κ1) is 15.5. The predicted molar refractivity (Wildman–Crippen MR) is 131 cm³/mol. The van der Waals surface area contributed by atoms with Gasteiger partial charge in [0.2, 0.25) is 0 Å². The number of carbonyl (C=O) groups is 1. The second-order valence-corrected chi connectivity index (χ2v) is 10.8. The molecule has 2 N–H and O–H groups in total. The summed E-state index contributed by atoms with van der Waals surface area (Å²) in [6.45, 7) is 3.10. The molecule has 4 rings (SSSR count). The molecular formula is C26H23NO4S2. The highest BCUT2D eigenvalue weighted by Gasteiger charge is 2.28. The zero-order valence-corrected chi connectivity index (χ0v) is 19.3. The molecule has 0 aliphatic carbocycles. The maximum absolute atomic E-state index is 13.2. The molecule has 2 aromatic heterocycles. The third-order valence-electron chi connectivity index (χ3n) is 4.85. The van der Waals surface area contributed by atoms with Gasteiger partial charge in [-0.1, -0.05) is 41.1 Å². The molecule has 0 aliphatic rings. The molecule has 0 aliphatic heterocycles. The maximum atomic E-state index is 13.2. The molecule has 2 heterocycles. The lowest BCUT2D eigenvalue weighted by Gasteiger charge is -2.12. The second-order valence-electron chi connectivity index (χ2n) is 7.48. The van der Waals surface area contributed by atoms with Crippen molar-refractivity contribution in [2.24, 2.45) is 5.92 Å². The lowest BCUT2D eigenvalue weighted by atomic mass is 10.00. The van der Waals surface area contributed by atoms with Gasteiger partial charge in [0.15, 0.2) is 9.84 Å². The van der Waals surface area contributed by atoms with Crippen molar-refractivity contribution in [2.75, 3.05) is 5.75 Å². The van der Waals surface area contributed by atoms with Crippen molar-refractivity contribution in [3.05, 3.63) is 87.8 Å². The van der Waals surface area contributed by atoms with E-state index >= 15 is 0 Å². The molecule has 0 saturated carbocycles. The Balaban J connectivity index is 1.62. The minimum atomic E-state index is -4.10. The summed E-state index contributed by atoms with van der Waals surface area (Å²) >= 11 is 0.796. The average molecular weight is 485 g/mol. The Morgan fingerprint density at radius 3 is 2.58 bits per heavy atom. The van der Waals surface area contributed by atoms with Crippen LogP contribution in [-0.2, 0) is 21.1 Å². The summed E-state index contributed by atoms with van der Waals surface area (Å²) in [7, 11) is -4.10. The summed E-state index contributed by atoms with van der Waals surface area (Å²) < 4.78 is 82.6. The van der Waals surface area contributed by atoms with Gasteiger partial charge in [0.25, 0.3) is 0 Å². The quantitative estimate of drug-likeness (QED) is 0.379. The molecule has 0 radical (unpaired) electrons. The fourth-order valence-corrected chi connectivity index (χ4v) is 5.99. The van der Waals surface area contributed by atoms with Gasteiger partial charge in [0, 0.05) is 22.6 Å². The molecule has 168 valence electrons. The van der Waals surface area contributed by atoms with Gasteiger partial charge < -0.3 is 10.1 Å². The van der Waals surface area contributed by atoms with E-state index in [-0.39, 0.29) is 80.1 Å². The van der Waals surface area contributed by atoms with Crippen LogP contribution in [0.15, 0.2) is 64.8 Å². The molecule has 0 fully saturated rings. The van der Waals surface area contributed by atoms with Crippen LogP contribution in [0.2, 0.25) is 0 Å². The van der Waals surface area contributed by atoms with Crippen molar-refractivity contribution >= 4 is 38.0 Å². The first-order valence-electron chi connectivity index (χ1n) is 13.4. The Hall–Kier alpha value is -3.34. The maximum Gasteiger partial charge on any atom is 0.307 e. The standard InChI is InChI=1S/C26H23NO4S2/c1-17-3-6-19(7-4-17)8-9-22-10-12-25(32-22)33(30,31)16-21(26(28)29)14-20-15-27-24-11-5-18(2)13-23(20)24/h3-7,10-13,15,21,27H,14,16H2,1-2H3,(H,28,29)/t21-/m1/s1/i3D,4D,5D,6D,7D,11D,15D. The van der Waals surface area contributed by atoms with Gasteiger partial charge in [-0.15, -0.1) is 11.3 Å². The zero-order valence-electron chi connectivity index (χ0n) is 24.7. The van der Waals surface area contributed by atoms with E-state index < -0.39 is 27.5 Å². The molecule has 0 amide bonds. The Labute approximate surface area is 206 Å². The molecular weight excluding hydrogens is 454 g/mol. The van der Waals surface area contributed by atoms with Crippen LogP contribution < -0.4 is 0 Å². The number of fused-ring (bicyclic) bond motifs is 1. The monoisotopic (exact) mass is 484 g/mol. The highest BCUT2D eigenvalue weighted by molar-refractivity contribution is 7.93. The lowest BCUT2D eigenvalue weighted by molar-refractivity contribution is -0.140. The first-order chi connectivity index (χ1) is 18.6. The van der Waals surface area contributed by atoms with Gasteiger partial charge in [0.05, 0.1) is 26.1 Å². The van der Waals surface area contributed by atoms with Crippen LogP contribution in [0.5, 0.6) is 0 Å². The number of thiophene rings is 1. The second kappa shape index (κ2) is 9.26. The molecule has 4 aromatic rings. The van der Waals surface area contributed by atoms with E-state index in [1.165, 1.54) is 19.1 Å². The van der Waals surface area contributed by atoms with Gasteiger partial charge in [-0.25, -0.2) is 8.42 Å². The van der Waals surface area contributed by atoms with Crippen molar-refractivity contribution in [1.82, 2.24) is 4.98 Å². The van der Waals surface area contributed by atoms with Crippen molar-refractivity contribution < 1.29 is 27.9 Å². The summed E-state index contributed by atoms with van der Waals surface area (Å²) in [5.41, 5.74) is 1.03. The third-order valence-corrected chi connectivity index (χ3v) is 8.24. The number of hydrogen-bond acceptors (Lipinski definition) is 4. The number of carboxylic acid groups (broad SMARTS) is 1. The molecule has 33 heavy (non-hydrogen) atoms. The number of sulfone groups is 1. The van der Waals surface area contributed by atoms with E-state index in [0.717, 1.165) is 11.3 Å². The number of aromatic amines is 1. The van der Waals surface area contributed by atoms with Gasteiger partial charge in [0.1, 0.15) is 4.21 Å². The molecule has 1 atom stereocenters. The highest BCUT2D eigenvalue weighted by Crippen LogP contribution is 2.27. The third kappa shape index (κ3) is 5.36. The zero-order chi connectivity index (χ0) is 29.7. The minimum absolute atomic E-state index is 0.0187.